The number of aryl methyl sites for hydroxylation is 1. The average Bonchev–Trinajstić information content (AvgIpc) is 3.43. The number of nitrogens with zero attached hydrogens (tertiary/aromatic N) is 1. The highest BCUT2D eigenvalue weighted by Crippen LogP contribution is 2.53. The number of halogens is 1. The van der Waals surface area contributed by atoms with Crippen molar-refractivity contribution in [2.45, 2.75) is 39.7 Å². The first-order valence-corrected chi connectivity index (χ1v) is 11.8. The smallest absolute Gasteiger partial charge is 0.330 e. The molecule has 5 atom stereocenters. The zero-order chi connectivity index (χ0) is 23.2. The third kappa shape index (κ3) is 3.89. The Kier molecular flexibility index (Phi) is 6.25. The van der Waals surface area contributed by atoms with Gasteiger partial charge in [-0.25, -0.2) is 4.79 Å². The van der Waals surface area contributed by atoms with Crippen molar-refractivity contribution in [3.63, 3.8) is 0 Å². The number of carbonyl (C=O) groups excluding carboxylic acids is 4. The molecule has 2 aliphatic carbocycles. The van der Waals surface area contributed by atoms with E-state index in [1.54, 1.807) is 19.9 Å². The van der Waals surface area contributed by atoms with Crippen LogP contribution in [0.5, 0.6) is 0 Å². The number of hydrogen-bond donors (Lipinski definition) is 1. The van der Waals surface area contributed by atoms with Crippen LogP contribution in [-0.2, 0) is 30.3 Å². The Labute approximate surface area is 195 Å². The molecule has 8 heteroatoms. The molecule has 2 bridgehead atoms. The molecule has 1 aromatic rings. The van der Waals surface area contributed by atoms with Gasteiger partial charge in [-0.3, -0.25) is 19.3 Å². The summed E-state index contributed by atoms with van der Waals surface area (Å²) < 4.78 is 6.18. The van der Waals surface area contributed by atoms with Gasteiger partial charge in [0.1, 0.15) is 6.04 Å². The number of esters is 1. The van der Waals surface area contributed by atoms with Crippen molar-refractivity contribution < 1.29 is 23.9 Å². The summed E-state index contributed by atoms with van der Waals surface area (Å²) in [7, 11) is 0. The molecule has 1 saturated heterocycles. The third-order valence-corrected chi connectivity index (χ3v) is 7.22. The quantitative estimate of drug-likeness (QED) is 0.350. The van der Waals surface area contributed by atoms with Crippen molar-refractivity contribution >= 4 is 45.3 Å². The fourth-order valence-corrected chi connectivity index (χ4v) is 5.67. The molecular formula is C24H27BrN2O5. The summed E-state index contributed by atoms with van der Waals surface area (Å²) in [6, 6.07) is 4.48. The van der Waals surface area contributed by atoms with Crippen LogP contribution in [0.1, 0.15) is 32.8 Å². The number of benzene rings is 1. The van der Waals surface area contributed by atoms with Crippen LogP contribution in [0.15, 0.2) is 34.8 Å². The number of fused-ring (bicyclic) bond motifs is 5. The molecule has 170 valence electrons. The Morgan fingerprint density at radius 3 is 2.34 bits per heavy atom. The first kappa shape index (κ1) is 22.7. The number of rotatable bonds is 7. The summed E-state index contributed by atoms with van der Waals surface area (Å²) in [5.74, 6) is -2.74. The second-order valence-electron chi connectivity index (χ2n) is 9.05. The highest BCUT2D eigenvalue weighted by Gasteiger charge is 2.61. The van der Waals surface area contributed by atoms with Crippen molar-refractivity contribution in [3.05, 3.63) is 40.4 Å². The number of allylic oxidation sites excluding steroid dienone is 2. The van der Waals surface area contributed by atoms with Gasteiger partial charge in [-0.1, -0.05) is 48.9 Å². The van der Waals surface area contributed by atoms with Crippen LogP contribution >= 0.6 is 15.9 Å². The predicted molar refractivity (Wildman–Crippen MR) is 121 cm³/mol. The third-order valence-electron chi connectivity index (χ3n) is 6.72. The molecule has 0 aromatic heterocycles. The molecule has 0 radical (unpaired) electrons. The van der Waals surface area contributed by atoms with E-state index in [1.165, 1.54) is 0 Å². The monoisotopic (exact) mass is 502 g/mol. The molecule has 7 nitrogen and oxygen atoms in total. The molecule has 32 heavy (non-hydrogen) atoms. The zero-order valence-electron chi connectivity index (χ0n) is 18.3. The number of ether oxygens (including phenoxy) is 1. The zero-order valence-corrected chi connectivity index (χ0v) is 19.9. The second-order valence-corrected chi connectivity index (χ2v) is 9.96. The highest BCUT2D eigenvalue weighted by atomic mass is 79.9. The van der Waals surface area contributed by atoms with Gasteiger partial charge < -0.3 is 10.1 Å². The van der Waals surface area contributed by atoms with Gasteiger partial charge in [-0.15, -0.1) is 0 Å². The predicted octanol–water partition coefficient (Wildman–Crippen LogP) is 3.32. The standard InChI is InChI=1S/C24H27BrN2O5/c1-4-13-10-16(25)7-8-17(13)26-18(28)11-32-24(31)21(12(2)3)27-22(29)19-14-5-6-15(9-14)20(19)23(27)30/h5-8,10,12,14-15,19-21H,4,9,11H2,1-3H3,(H,26,28)/t14-,15-,19-,20-,21-/m0/s1. The molecule has 0 unspecified atom stereocenters. The Morgan fingerprint density at radius 1 is 1.16 bits per heavy atom. The lowest BCUT2D eigenvalue weighted by Gasteiger charge is -2.28. The van der Waals surface area contributed by atoms with E-state index in [0.717, 1.165) is 27.8 Å². The van der Waals surface area contributed by atoms with Gasteiger partial charge in [0.25, 0.3) is 5.91 Å². The average molecular weight is 503 g/mol. The van der Waals surface area contributed by atoms with Crippen LogP contribution < -0.4 is 5.32 Å². The van der Waals surface area contributed by atoms with E-state index in [0.29, 0.717) is 5.69 Å². The van der Waals surface area contributed by atoms with Gasteiger partial charge in [-0.2, -0.15) is 0 Å². The van der Waals surface area contributed by atoms with Gasteiger partial charge >= 0.3 is 5.97 Å². The normalized spacial score (nSPS) is 26.6. The Hall–Kier alpha value is -2.48. The maximum Gasteiger partial charge on any atom is 0.330 e. The topological polar surface area (TPSA) is 92.8 Å². The summed E-state index contributed by atoms with van der Waals surface area (Å²) in [5, 5.41) is 2.76. The fourth-order valence-electron chi connectivity index (χ4n) is 5.26. The number of carbonyl (C=O) groups is 4. The maximum atomic E-state index is 13.1. The lowest BCUT2D eigenvalue weighted by molar-refractivity contribution is -0.162. The van der Waals surface area contributed by atoms with E-state index >= 15 is 0 Å². The SMILES string of the molecule is CCc1cc(Br)ccc1NC(=O)COC(=O)[C@H](C(C)C)N1C(=O)[C@@H]2[C@@H](C1=O)[C@H]1C=C[C@H]2C1. The van der Waals surface area contributed by atoms with E-state index in [-0.39, 0.29) is 41.4 Å². The van der Waals surface area contributed by atoms with Crippen molar-refractivity contribution in [2.24, 2.45) is 29.6 Å². The minimum atomic E-state index is -1.04. The number of anilines is 1. The molecule has 3 aliphatic rings. The lowest BCUT2D eigenvalue weighted by Crippen LogP contribution is -2.50. The van der Waals surface area contributed by atoms with Crippen LogP contribution in [-0.4, -0.2) is 41.2 Å². The largest absolute Gasteiger partial charge is 0.454 e. The highest BCUT2D eigenvalue weighted by molar-refractivity contribution is 9.10. The number of hydrogen-bond acceptors (Lipinski definition) is 5. The molecule has 1 aliphatic heterocycles. The second kappa shape index (κ2) is 8.81. The molecule has 1 saturated carbocycles. The molecule has 3 amide bonds. The first-order chi connectivity index (χ1) is 15.2. The van der Waals surface area contributed by atoms with E-state index in [4.69, 9.17) is 4.74 Å². The molecular weight excluding hydrogens is 476 g/mol. The molecule has 2 fully saturated rings. The Morgan fingerprint density at radius 2 is 1.78 bits per heavy atom. The summed E-state index contributed by atoms with van der Waals surface area (Å²) in [6.07, 6.45) is 5.58. The summed E-state index contributed by atoms with van der Waals surface area (Å²) in [4.78, 5) is 52.6. The fraction of sp³-hybridized carbons (Fsp3) is 0.500. The van der Waals surface area contributed by atoms with E-state index in [2.05, 4.69) is 21.2 Å². The molecule has 1 aromatic carbocycles. The minimum absolute atomic E-state index is 0.0692. The summed E-state index contributed by atoms with van der Waals surface area (Å²) in [5.41, 5.74) is 1.60. The molecule has 1 N–H and O–H groups in total. The van der Waals surface area contributed by atoms with Gasteiger partial charge in [0, 0.05) is 10.2 Å². The van der Waals surface area contributed by atoms with Gasteiger partial charge in [0.2, 0.25) is 11.8 Å². The molecule has 0 spiro atoms. The van der Waals surface area contributed by atoms with Crippen molar-refractivity contribution in [3.8, 4) is 0 Å². The number of nitrogens with one attached hydrogen (secondary N) is 1. The van der Waals surface area contributed by atoms with Crippen LogP contribution in [0.4, 0.5) is 5.69 Å². The van der Waals surface area contributed by atoms with Crippen molar-refractivity contribution in [1.82, 2.24) is 4.90 Å². The van der Waals surface area contributed by atoms with Crippen LogP contribution in [0.3, 0.4) is 0 Å². The Balaban J connectivity index is 1.42. The van der Waals surface area contributed by atoms with Gasteiger partial charge in [0.05, 0.1) is 11.8 Å². The summed E-state index contributed by atoms with van der Waals surface area (Å²) >= 11 is 3.41. The van der Waals surface area contributed by atoms with Crippen LogP contribution in [0, 0.1) is 29.6 Å². The van der Waals surface area contributed by atoms with Gasteiger partial charge in [-0.05, 0) is 54.4 Å². The molecule has 1 heterocycles. The van der Waals surface area contributed by atoms with Crippen molar-refractivity contribution in [2.75, 3.05) is 11.9 Å². The molecule has 4 rings (SSSR count). The number of amides is 3. The van der Waals surface area contributed by atoms with Gasteiger partial charge in [0.15, 0.2) is 6.61 Å². The maximum absolute atomic E-state index is 13.1. The number of likely N-dealkylation sites (tertiary alicyclic amines) is 1. The van der Waals surface area contributed by atoms with E-state index in [1.807, 2.05) is 31.2 Å². The van der Waals surface area contributed by atoms with Crippen LogP contribution in [0.2, 0.25) is 0 Å². The van der Waals surface area contributed by atoms with E-state index < -0.39 is 24.5 Å². The summed E-state index contributed by atoms with van der Waals surface area (Å²) in [6.45, 7) is 5.02. The minimum Gasteiger partial charge on any atom is -0.454 e. The van der Waals surface area contributed by atoms with Crippen LogP contribution in [0.25, 0.3) is 0 Å². The first-order valence-electron chi connectivity index (χ1n) is 11.0. The lowest BCUT2D eigenvalue weighted by atomic mass is 9.85. The van der Waals surface area contributed by atoms with E-state index in [9.17, 15) is 19.2 Å². The number of imide groups is 1. The van der Waals surface area contributed by atoms with Crippen molar-refractivity contribution in [1.29, 1.82) is 0 Å². The Bertz CT molecular complexity index is 974.